The molecule has 0 aliphatic heterocycles. The Labute approximate surface area is 100 Å². The van der Waals surface area contributed by atoms with Gasteiger partial charge in [-0.15, -0.1) is 11.7 Å². The van der Waals surface area contributed by atoms with Crippen LogP contribution in [0.5, 0.6) is 0 Å². The molecule has 0 aliphatic rings. The summed E-state index contributed by atoms with van der Waals surface area (Å²) in [6.45, 7) is 3.68. The highest BCUT2D eigenvalue weighted by molar-refractivity contribution is 6.66. The Kier molecular flexibility index (Phi) is 3.59. The largest absolute Gasteiger partial charge is 0.476 e. The maximum Gasteiger partial charge on any atom is 0.358 e. The van der Waals surface area contributed by atoms with Crippen molar-refractivity contribution in [2.24, 2.45) is 0 Å². The molecule has 0 spiro atoms. The summed E-state index contributed by atoms with van der Waals surface area (Å²) < 4.78 is -0.719. The molecule has 0 unspecified atom stereocenters. The molecular weight excluding hydrogens is 264 g/mol. The Bertz CT molecular complexity index is 397. The molecule has 0 saturated heterocycles. The van der Waals surface area contributed by atoms with E-state index in [4.69, 9.17) is 39.9 Å². The second kappa shape index (κ2) is 4.38. The highest BCUT2D eigenvalue weighted by atomic mass is 35.6. The number of carboxylic acid groups (broad SMARTS) is 1. The molecule has 1 rings (SSSR count). The van der Waals surface area contributed by atoms with Crippen molar-refractivity contribution in [1.29, 1.82) is 0 Å². The number of carbonyl (C=O) groups is 1. The lowest BCUT2D eigenvalue weighted by Crippen LogP contribution is -2.15. The molecule has 1 N–H and O–H groups in total. The molecule has 15 heavy (non-hydrogen) atoms. The molecule has 0 aromatic carbocycles. The van der Waals surface area contributed by atoms with Gasteiger partial charge in [-0.1, -0.05) is 46.1 Å². The lowest BCUT2D eigenvalue weighted by Gasteiger charge is -2.12. The van der Waals surface area contributed by atoms with Crippen molar-refractivity contribution in [2.75, 3.05) is 0 Å². The van der Waals surface area contributed by atoms with E-state index >= 15 is 0 Å². The van der Waals surface area contributed by atoms with Crippen LogP contribution in [-0.4, -0.2) is 26.1 Å². The minimum Gasteiger partial charge on any atom is -0.476 e. The molecule has 0 fully saturated rings. The topological polar surface area (TPSA) is 68.0 Å². The van der Waals surface area contributed by atoms with Crippen molar-refractivity contribution in [1.82, 2.24) is 15.0 Å². The molecule has 0 amide bonds. The molecular formula is C7H6Cl3N3O2. The fourth-order valence-electron chi connectivity index (χ4n) is 0.988. The molecule has 5 nitrogen and oxygen atoms in total. The second-order valence-electron chi connectivity index (χ2n) is 2.56. The average molecular weight is 271 g/mol. The predicted molar refractivity (Wildman–Crippen MR) is 56.4 cm³/mol. The Hall–Kier alpha value is -0.780. The number of aromatic carboxylic acids is 1. The third kappa shape index (κ3) is 2.62. The van der Waals surface area contributed by atoms with Gasteiger partial charge in [-0.25, -0.2) is 9.48 Å². The van der Waals surface area contributed by atoms with Crippen LogP contribution in [0.3, 0.4) is 0 Å². The van der Waals surface area contributed by atoms with E-state index < -0.39 is 9.76 Å². The van der Waals surface area contributed by atoms with Gasteiger partial charge in [0.25, 0.3) is 0 Å². The second-order valence-corrected chi connectivity index (χ2v) is 4.84. The quantitative estimate of drug-likeness (QED) is 0.674. The highest BCUT2D eigenvalue weighted by Gasteiger charge is 2.34. The van der Waals surface area contributed by atoms with Gasteiger partial charge >= 0.3 is 5.97 Å². The van der Waals surface area contributed by atoms with Crippen LogP contribution in [0.4, 0.5) is 0 Å². The smallest absolute Gasteiger partial charge is 0.358 e. The lowest BCUT2D eigenvalue weighted by atomic mass is 10.3. The molecule has 0 radical (unpaired) electrons. The Morgan fingerprint density at radius 1 is 1.60 bits per heavy atom. The summed E-state index contributed by atoms with van der Waals surface area (Å²) in [6.07, 6.45) is 1.49. The Morgan fingerprint density at radius 2 is 2.20 bits per heavy atom. The standard InChI is InChI=1S/C7H6Cl3N3O2/c1-2-3-13-5(7(8,9)10)4(6(14)15)11-12-13/h2H,1,3H2,(H,14,15). The summed E-state index contributed by atoms with van der Waals surface area (Å²) in [5.41, 5.74) is -0.461. The Morgan fingerprint density at radius 3 is 2.60 bits per heavy atom. The van der Waals surface area contributed by atoms with Crippen LogP contribution >= 0.6 is 34.8 Å². The molecule has 8 heteroatoms. The van der Waals surface area contributed by atoms with Crippen LogP contribution in [0.1, 0.15) is 16.2 Å². The summed E-state index contributed by atoms with van der Waals surface area (Å²) in [5, 5.41) is 15.8. The molecule has 0 aliphatic carbocycles. The number of aromatic nitrogens is 3. The van der Waals surface area contributed by atoms with Crippen LogP contribution < -0.4 is 0 Å². The monoisotopic (exact) mass is 269 g/mol. The van der Waals surface area contributed by atoms with E-state index in [1.165, 1.54) is 10.8 Å². The van der Waals surface area contributed by atoms with Crippen molar-refractivity contribution in [2.45, 2.75) is 10.3 Å². The van der Waals surface area contributed by atoms with Gasteiger partial charge in [0.2, 0.25) is 3.79 Å². The number of allylic oxidation sites excluding steroid dienone is 1. The number of rotatable bonds is 3. The van der Waals surface area contributed by atoms with Crippen molar-refractivity contribution in [3.05, 3.63) is 24.0 Å². The lowest BCUT2D eigenvalue weighted by molar-refractivity contribution is 0.0689. The van der Waals surface area contributed by atoms with E-state index in [1.54, 1.807) is 0 Å². The molecule has 1 heterocycles. The Balaban J connectivity index is 3.32. The average Bonchev–Trinajstić information content (AvgIpc) is 2.47. The molecule has 82 valence electrons. The zero-order chi connectivity index (χ0) is 11.6. The van der Waals surface area contributed by atoms with Gasteiger partial charge in [0.15, 0.2) is 5.69 Å². The highest BCUT2D eigenvalue weighted by Crippen LogP contribution is 2.39. The third-order valence-electron chi connectivity index (χ3n) is 1.51. The minimum absolute atomic E-state index is 0.0834. The summed E-state index contributed by atoms with van der Waals surface area (Å²) >= 11 is 16.9. The molecule has 0 bridgehead atoms. The van der Waals surface area contributed by atoms with Gasteiger partial charge in [-0.05, 0) is 0 Å². The van der Waals surface area contributed by atoms with Crippen LogP contribution in [0.2, 0.25) is 0 Å². The van der Waals surface area contributed by atoms with Gasteiger partial charge < -0.3 is 5.11 Å². The summed E-state index contributed by atoms with van der Waals surface area (Å²) in [4.78, 5) is 10.8. The van der Waals surface area contributed by atoms with Crippen LogP contribution in [-0.2, 0) is 10.3 Å². The zero-order valence-electron chi connectivity index (χ0n) is 7.32. The SMILES string of the molecule is C=CCn1nnc(C(=O)O)c1C(Cl)(Cl)Cl. The molecule has 0 saturated carbocycles. The van der Waals surface area contributed by atoms with E-state index in [2.05, 4.69) is 16.9 Å². The van der Waals surface area contributed by atoms with Crippen molar-refractivity contribution in [3.63, 3.8) is 0 Å². The first-order chi connectivity index (χ1) is 6.88. The van der Waals surface area contributed by atoms with E-state index in [1.807, 2.05) is 0 Å². The van der Waals surface area contributed by atoms with Crippen LogP contribution in [0, 0.1) is 0 Å². The maximum atomic E-state index is 10.8. The normalized spacial score (nSPS) is 11.4. The third-order valence-corrected chi connectivity index (χ3v) is 2.05. The number of hydrogen-bond donors (Lipinski definition) is 1. The zero-order valence-corrected chi connectivity index (χ0v) is 9.59. The molecule has 1 aromatic rings. The maximum absolute atomic E-state index is 10.8. The van der Waals surface area contributed by atoms with Crippen molar-refractivity contribution < 1.29 is 9.90 Å². The van der Waals surface area contributed by atoms with Gasteiger partial charge in [0.1, 0.15) is 5.69 Å². The fraction of sp³-hybridized carbons (Fsp3) is 0.286. The first kappa shape index (κ1) is 12.3. The summed E-state index contributed by atoms with van der Waals surface area (Å²) in [6, 6.07) is 0. The van der Waals surface area contributed by atoms with E-state index in [9.17, 15) is 4.79 Å². The number of nitrogens with zero attached hydrogens (tertiary/aromatic N) is 3. The number of alkyl halides is 3. The van der Waals surface area contributed by atoms with Gasteiger partial charge in [0.05, 0.1) is 6.54 Å². The van der Waals surface area contributed by atoms with E-state index in [0.717, 1.165) is 0 Å². The van der Waals surface area contributed by atoms with Crippen LogP contribution in [0.15, 0.2) is 12.7 Å². The van der Waals surface area contributed by atoms with E-state index in [0.29, 0.717) is 0 Å². The van der Waals surface area contributed by atoms with Crippen LogP contribution in [0.25, 0.3) is 0 Å². The first-order valence-corrected chi connectivity index (χ1v) is 4.86. The predicted octanol–water partition coefficient (Wildman–Crippen LogP) is 1.99. The summed E-state index contributed by atoms with van der Waals surface area (Å²) in [5.74, 6) is -1.30. The summed E-state index contributed by atoms with van der Waals surface area (Å²) in [7, 11) is 0. The molecule has 0 atom stereocenters. The van der Waals surface area contributed by atoms with Gasteiger partial charge in [-0.3, -0.25) is 0 Å². The van der Waals surface area contributed by atoms with Gasteiger partial charge in [-0.2, -0.15) is 0 Å². The van der Waals surface area contributed by atoms with Crippen molar-refractivity contribution in [3.8, 4) is 0 Å². The first-order valence-electron chi connectivity index (χ1n) is 3.72. The fourth-order valence-corrected chi connectivity index (χ4v) is 1.55. The number of halogens is 3. The minimum atomic E-state index is -1.89. The molecule has 1 aromatic heterocycles. The van der Waals surface area contributed by atoms with Gasteiger partial charge in [0, 0.05) is 0 Å². The van der Waals surface area contributed by atoms with E-state index in [-0.39, 0.29) is 17.9 Å². The number of hydrogen-bond acceptors (Lipinski definition) is 3. The number of carboxylic acids is 1. The van der Waals surface area contributed by atoms with Crippen molar-refractivity contribution >= 4 is 40.8 Å².